The largest absolute Gasteiger partial charge is 0.385 e. The second-order valence-corrected chi connectivity index (χ2v) is 8.19. The van der Waals surface area contributed by atoms with Crippen molar-refractivity contribution >= 4 is 11.8 Å². The molecule has 0 atom stereocenters. The second kappa shape index (κ2) is 12.7. The van der Waals surface area contributed by atoms with Gasteiger partial charge in [-0.1, -0.05) is 32.6 Å². The highest BCUT2D eigenvalue weighted by Crippen LogP contribution is 2.28. The minimum Gasteiger partial charge on any atom is -0.385 e. The van der Waals surface area contributed by atoms with Crippen LogP contribution in [0.25, 0.3) is 0 Å². The van der Waals surface area contributed by atoms with E-state index in [9.17, 15) is 9.59 Å². The van der Waals surface area contributed by atoms with Gasteiger partial charge in [0.2, 0.25) is 11.8 Å². The number of carbonyl (C=O) groups excluding carboxylic acids is 2. The maximum Gasteiger partial charge on any atom is 0.242 e. The van der Waals surface area contributed by atoms with E-state index in [1.807, 2.05) is 24.2 Å². The van der Waals surface area contributed by atoms with Crippen LogP contribution in [0.2, 0.25) is 0 Å². The lowest BCUT2D eigenvalue weighted by Crippen LogP contribution is -2.44. The summed E-state index contributed by atoms with van der Waals surface area (Å²) in [5.74, 6) is 0.158. The van der Waals surface area contributed by atoms with Crippen molar-refractivity contribution in [3.63, 3.8) is 0 Å². The number of rotatable bonds is 15. The predicted octanol–water partition coefficient (Wildman–Crippen LogP) is 3.74. The van der Waals surface area contributed by atoms with E-state index in [0.29, 0.717) is 32.2 Å². The van der Waals surface area contributed by atoms with E-state index in [4.69, 9.17) is 4.74 Å². The molecule has 6 nitrogen and oxygen atoms in total. The highest BCUT2D eigenvalue weighted by molar-refractivity contribution is 5.85. The van der Waals surface area contributed by atoms with Crippen LogP contribution in [0.5, 0.6) is 0 Å². The molecular weight excluding hydrogens is 366 g/mol. The number of ether oxygens (including phenoxy) is 1. The van der Waals surface area contributed by atoms with Crippen LogP contribution in [-0.4, -0.2) is 59.0 Å². The van der Waals surface area contributed by atoms with Gasteiger partial charge in [-0.25, -0.2) is 0 Å². The number of methoxy groups -OCH3 is 1. The summed E-state index contributed by atoms with van der Waals surface area (Å²) >= 11 is 0. The number of unbranched alkanes of at least 4 members (excludes halogenated alkanes) is 4. The van der Waals surface area contributed by atoms with Gasteiger partial charge in [0.25, 0.3) is 0 Å². The summed E-state index contributed by atoms with van der Waals surface area (Å²) in [7, 11) is 3.67. The van der Waals surface area contributed by atoms with Crippen molar-refractivity contribution in [1.82, 2.24) is 14.4 Å². The minimum atomic E-state index is 0.0606. The Morgan fingerprint density at radius 3 is 2.52 bits per heavy atom. The normalized spacial score (nSPS) is 13.5. The lowest BCUT2D eigenvalue weighted by molar-refractivity contribution is -0.141. The molecule has 1 heterocycles. The topological polar surface area (TPSA) is 54.8 Å². The molecule has 1 saturated carbocycles. The summed E-state index contributed by atoms with van der Waals surface area (Å²) in [6, 6.07) is 4.38. The lowest BCUT2D eigenvalue weighted by atomic mass is 10.1. The first-order valence-corrected chi connectivity index (χ1v) is 11.2. The molecule has 1 aliphatic carbocycles. The third kappa shape index (κ3) is 8.21. The highest BCUT2D eigenvalue weighted by Gasteiger charge is 2.34. The average Bonchev–Trinajstić information content (AvgIpc) is 3.47. The summed E-state index contributed by atoms with van der Waals surface area (Å²) in [4.78, 5) is 29.6. The monoisotopic (exact) mass is 405 g/mol. The van der Waals surface area contributed by atoms with Gasteiger partial charge in [0.1, 0.15) is 0 Å². The molecule has 0 spiro atoms. The number of carbonyl (C=O) groups is 2. The Labute approximate surface area is 176 Å². The van der Waals surface area contributed by atoms with Crippen LogP contribution in [0.3, 0.4) is 0 Å². The SMILES string of the molecule is CCCCCCCC(=O)N(CCCOC)CC(=O)N(Cc1cccn1C)C1CC1. The van der Waals surface area contributed by atoms with E-state index in [-0.39, 0.29) is 18.4 Å². The Bertz CT molecular complexity index is 625. The molecule has 0 bridgehead atoms. The number of aryl methyl sites for hydroxylation is 1. The summed E-state index contributed by atoms with van der Waals surface area (Å²) in [6.07, 6.45) is 11.0. The van der Waals surface area contributed by atoms with E-state index in [1.54, 1.807) is 12.0 Å². The molecule has 164 valence electrons. The Hall–Kier alpha value is -1.82. The van der Waals surface area contributed by atoms with Crippen molar-refractivity contribution in [2.75, 3.05) is 26.8 Å². The molecule has 29 heavy (non-hydrogen) atoms. The van der Waals surface area contributed by atoms with Crippen molar-refractivity contribution in [2.45, 2.75) is 77.3 Å². The Morgan fingerprint density at radius 1 is 1.14 bits per heavy atom. The van der Waals surface area contributed by atoms with Gasteiger partial charge in [-0.3, -0.25) is 9.59 Å². The van der Waals surface area contributed by atoms with Gasteiger partial charge in [-0.15, -0.1) is 0 Å². The standard InChI is InChI=1S/C23H39N3O3/c1-4-5-6-7-8-12-22(27)25(16-10-17-29-3)19-23(28)26(20-13-14-20)18-21-11-9-15-24(21)2/h9,11,15,20H,4-8,10,12-14,16-19H2,1-3H3. The molecule has 0 N–H and O–H groups in total. The first-order chi connectivity index (χ1) is 14.1. The quantitative estimate of drug-likeness (QED) is 0.418. The summed E-state index contributed by atoms with van der Waals surface area (Å²) in [5.41, 5.74) is 1.12. The fourth-order valence-corrected chi connectivity index (χ4v) is 3.63. The van der Waals surface area contributed by atoms with Crippen LogP contribution in [-0.2, 0) is 27.9 Å². The van der Waals surface area contributed by atoms with Crippen LogP contribution >= 0.6 is 0 Å². The third-order valence-electron chi connectivity index (χ3n) is 5.64. The van der Waals surface area contributed by atoms with E-state index in [2.05, 4.69) is 17.6 Å². The first kappa shape index (κ1) is 23.5. The van der Waals surface area contributed by atoms with Crippen molar-refractivity contribution < 1.29 is 14.3 Å². The molecule has 1 aromatic rings. The second-order valence-electron chi connectivity index (χ2n) is 8.19. The number of amides is 2. The van der Waals surface area contributed by atoms with Gasteiger partial charge in [0.15, 0.2) is 0 Å². The molecule has 2 amide bonds. The van der Waals surface area contributed by atoms with E-state index >= 15 is 0 Å². The maximum absolute atomic E-state index is 13.1. The van der Waals surface area contributed by atoms with Crippen molar-refractivity contribution in [1.29, 1.82) is 0 Å². The highest BCUT2D eigenvalue weighted by atomic mass is 16.5. The van der Waals surface area contributed by atoms with Crippen molar-refractivity contribution in [3.05, 3.63) is 24.0 Å². The Kier molecular flexibility index (Phi) is 10.3. The van der Waals surface area contributed by atoms with Gasteiger partial charge < -0.3 is 19.1 Å². The van der Waals surface area contributed by atoms with Crippen molar-refractivity contribution in [3.8, 4) is 0 Å². The van der Waals surface area contributed by atoms with Crippen LogP contribution in [0.1, 0.15) is 70.4 Å². The summed E-state index contributed by atoms with van der Waals surface area (Å²) < 4.78 is 7.20. The number of hydrogen-bond acceptors (Lipinski definition) is 3. The molecule has 1 aliphatic rings. The van der Waals surface area contributed by atoms with Crippen LogP contribution < -0.4 is 0 Å². The zero-order chi connectivity index (χ0) is 21.1. The van der Waals surface area contributed by atoms with E-state index < -0.39 is 0 Å². The van der Waals surface area contributed by atoms with Gasteiger partial charge >= 0.3 is 0 Å². The predicted molar refractivity (Wildman–Crippen MR) is 115 cm³/mol. The summed E-state index contributed by atoms with van der Waals surface area (Å²) in [5, 5.41) is 0. The Balaban J connectivity index is 1.92. The maximum atomic E-state index is 13.1. The number of nitrogens with zero attached hydrogens (tertiary/aromatic N) is 3. The van der Waals surface area contributed by atoms with Crippen LogP contribution in [0.15, 0.2) is 18.3 Å². The summed E-state index contributed by atoms with van der Waals surface area (Å²) in [6.45, 7) is 4.16. The first-order valence-electron chi connectivity index (χ1n) is 11.2. The fourth-order valence-electron chi connectivity index (χ4n) is 3.63. The van der Waals surface area contributed by atoms with Crippen LogP contribution in [0, 0.1) is 0 Å². The third-order valence-corrected chi connectivity index (χ3v) is 5.64. The van der Waals surface area contributed by atoms with Gasteiger partial charge in [0.05, 0.1) is 13.1 Å². The molecular formula is C23H39N3O3. The molecule has 0 aliphatic heterocycles. The molecule has 0 saturated heterocycles. The molecule has 0 unspecified atom stereocenters. The van der Waals surface area contributed by atoms with E-state index in [1.165, 1.54) is 19.3 Å². The van der Waals surface area contributed by atoms with E-state index in [0.717, 1.165) is 37.8 Å². The molecule has 0 aromatic carbocycles. The Morgan fingerprint density at radius 2 is 1.90 bits per heavy atom. The fraction of sp³-hybridized carbons (Fsp3) is 0.739. The van der Waals surface area contributed by atoms with Gasteiger partial charge in [-0.2, -0.15) is 0 Å². The minimum absolute atomic E-state index is 0.0606. The van der Waals surface area contributed by atoms with Crippen LogP contribution in [0.4, 0.5) is 0 Å². The van der Waals surface area contributed by atoms with Gasteiger partial charge in [-0.05, 0) is 37.8 Å². The zero-order valence-corrected chi connectivity index (χ0v) is 18.6. The molecule has 0 radical (unpaired) electrons. The smallest absolute Gasteiger partial charge is 0.242 e. The molecule has 1 fully saturated rings. The molecule has 2 rings (SSSR count). The number of aromatic nitrogens is 1. The van der Waals surface area contributed by atoms with Gasteiger partial charge in [0, 0.05) is 51.7 Å². The average molecular weight is 406 g/mol. The number of hydrogen-bond donors (Lipinski definition) is 0. The zero-order valence-electron chi connectivity index (χ0n) is 18.6. The lowest BCUT2D eigenvalue weighted by Gasteiger charge is -2.28. The van der Waals surface area contributed by atoms with Crippen molar-refractivity contribution in [2.24, 2.45) is 7.05 Å². The molecule has 1 aromatic heterocycles. The molecule has 6 heteroatoms.